The highest BCUT2D eigenvalue weighted by atomic mass is 16.5. The SMILES string of the molecule is COc1cnc(C2(CO)C=NC=CO2)cn1. The summed E-state index contributed by atoms with van der Waals surface area (Å²) in [6, 6.07) is 0. The summed E-state index contributed by atoms with van der Waals surface area (Å²) in [5.74, 6) is 0.403. The normalized spacial score (nSPS) is 22.9. The van der Waals surface area contributed by atoms with E-state index in [1.165, 1.54) is 38.2 Å². The predicted octanol–water partition coefficient (Wildman–Crippen LogP) is 0.245. The first-order valence-electron chi connectivity index (χ1n) is 4.65. The van der Waals surface area contributed by atoms with Crippen LogP contribution < -0.4 is 4.74 Å². The lowest BCUT2D eigenvalue weighted by atomic mass is 10.0. The molecule has 0 aromatic carbocycles. The molecule has 1 atom stereocenters. The predicted molar refractivity (Wildman–Crippen MR) is 56.1 cm³/mol. The minimum Gasteiger partial charge on any atom is -0.480 e. The third-order valence-corrected chi connectivity index (χ3v) is 2.21. The molecule has 0 saturated carbocycles. The number of aliphatic hydroxyl groups excluding tert-OH is 1. The van der Waals surface area contributed by atoms with Crippen LogP contribution in [0.2, 0.25) is 0 Å². The zero-order chi connectivity index (χ0) is 11.4. The molecule has 0 bridgehead atoms. The Hall–Kier alpha value is -1.95. The first-order valence-corrected chi connectivity index (χ1v) is 4.65. The Labute approximate surface area is 92.3 Å². The molecule has 1 aliphatic heterocycles. The van der Waals surface area contributed by atoms with Gasteiger partial charge in [-0.25, -0.2) is 9.97 Å². The van der Waals surface area contributed by atoms with Crippen LogP contribution in [0.3, 0.4) is 0 Å². The Morgan fingerprint density at radius 1 is 1.44 bits per heavy atom. The second-order valence-corrected chi connectivity index (χ2v) is 3.17. The third kappa shape index (κ3) is 1.74. The molecule has 1 aromatic rings. The van der Waals surface area contributed by atoms with E-state index in [4.69, 9.17) is 9.47 Å². The Balaban J connectivity index is 2.33. The minimum absolute atomic E-state index is 0.262. The summed E-state index contributed by atoms with van der Waals surface area (Å²) in [6.07, 6.45) is 7.33. The van der Waals surface area contributed by atoms with Gasteiger partial charge in [0.2, 0.25) is 11.5 Å². The zero-order valence-corrected chi connectivity index (χ0v) is 8.70. The topological polar surface area (TPSA) is 76.8 Å². The van der Waals surface area contributed by atoms with Gasteiger partial charge in [0.15, 0.2) is 0 Å². The van der Waals surface area contributed by atoms with Crippen molar-refractivity contribution in [2.24, 2.45) is 4.99 Å². The smallest absolute Gasteiger partial charge is 0.231 e. The van der Waals surface area contributed by atoms with E-state index in [-0.39, 0.29) is 6.61 Å². The van der Waals surface area contributed by atoms with Crippen LogP contribution in [-0.4, -0.2) is 35.0 Å². The number of aliphatic imine (C=N–C) groups is 1. The van der Waals surface area contributed by atoms with E-state index in [1.807, 2.05) is 0 Å². The fourth-order valence-corrected chi connectivity index (χ4v) is 1.31. The highest BCUT2D eigenvalue weighted by molar-refractivity contribution is 5.72. The van der Waals surface area contributed by atoms with Crippen molar-refractivity contribution in [1.82, 2.24) is 9.97 Å². The summed E-state index contributed by atoms with van der Waals surface area (Å²) < 4.78 is 10.2. The van der Waals surface area contributed by atoms with Crippen LogP contribution in [0.15, 0.2) is 29.8 Å². The molecule has 6 heteroatoms. The summed E-state index contributed by atoms with van der Waals surface area (Å²) in [5, 5.41) is 9.37. The zero-order valence-electron chi connectivity index (χ0n) is 8.70. The summed E-state index contributed by atoms with van der Waals surface area (Å²) >= 11 is 0. The van der Waals surface area contributed by atoms with Crippen molar-refractivity contribution < 1.29 is 14.6 Å². The lowest BCUT2D eigenvalue weighted by Gasteiger charge is -2.27. The molecule has 6 nitrogen and oxygen atoms in total. The van der Waals surface area contributed by atoms with E-state index >= 15 is 0 Å². The van der Waals surface area contributed by atoms with Crippen molar-refractivity contribution >= 4 is 6.21 Å². The standard InChI is InChI=1S/C10H11N3O3/c1-15-9-5-12-8(4-13-9)10(7-14)6-11-2-3-16-10/h2-6,14H,7H2,1H3. The van der Waals surface area contributed by atoms with Crippen LogP contribution in [0.1, 0.15) is 5.69 Å². The van der Waals surface area contributed by atoms with Gasteiger partial charge in [-0.3, -0.25) is 4.99 Å². The molecule has 0 amide bonds. The molecule has 0 radical (unpaired) electrons. The molecular weight excluding hydrogens is 210 g/mol. The average Bonchev–Trinajstić information content (AvgIpc) is 2.39. The molecule has 1 N–H and O–H groups in total. The number of rotatable bonds is 3. The lowest BCUT2D eigenvalue weighted by Crippen LogP contribution is -2.36. The van der Waals surface area contributed by atoms with E-state index in [2.05, 4.69) is 15.0 Å². The van der Waals surface area contributed by atoms with Gasteiger partial charge < -0.3 is 14.6 Å². The van der Waals surface area contributed by atoms with E-state index in [0.717, 1.165) is 0 Å². The fourth-order valence-electron chi connectivity index (χ4n) is 1.31. The number of nitrogens with zero attached hydrogens (tertiary/aromatic N) is 3. The summed E-state index contributed by atoms with van der Waals surface area (Å²) in [6.45, 7) is -0.262. The second kappa shape index (κ2) is 4.28. The number of aromatic nitrogens is 2. The number of ether oxygens (including phenoxy) is 2. The molecule has 0 aliphatic carbocycles. The molecule has 1 aliphatic rings. The fraction of sp³-hybridized carbons (Fsp3) is 0.300. The third-order valence-electron chi connectivity index (χ3n) is 2.21. The van der Waals surface area contributed by atoms with Crippen molar-refractivity contribution in [1.29, 1.82) is 0 Å². The Bertz CT molecular complexity index is 416. The molecule has 0 spiro atoms. The lowest BCUT2D eigenvalue weighted by molar-refractivity contribution is 0.0237. The molecule has 84 valence electrons. The largest absolute Gasteiger partial charge is 0.480 e. The van der Waals surface area contributed by atoms with Gasteiger partial charge in [0.1, 0.15) is 12.0 Å². The maximum absolute atomic E-state index is 9.37. The molecule has 2 heterocycles. The summed E-state index contributed by atoms with van der Waals surface area (Å²) in [4.78, 5) is 12.1. The van der Waals surface area contributed by atoms with Gasteiger partial charge in [0, 0.05) is 0 Å². The van der Waals surface area contributed by atoms with Crippen LogP contribution >= 0.6 is 0 Å². The van der Waals surface area contributed by atoms with Gasteiger partial charge in [0.25, 0.3) is 0 Å². The van der Waals surface area contributed by atoms with Crippen LogP contribution in [0.4, 0.5) is 0 Å². The first-order chi connectivity index (χ1) is 7.80. The molecule has 0 fully saturated rings. The van der Waals surface area contributed by atoms with Gasteiger partial charge in [-0.15, -0.1) is 0 Å². The quantitative estimate of drug-likeness (QED) is 0.791. The molecule has 16 heavy (non-hydrogen) atoms. The van der Waals surface area contributed by atoms with Crippen molar-refractivity contribution in [3.05, 3.63) is 30.5 Å². The maximum atomic E-state index is 9.37. The van der Waals surface area contributed by atoms with Crippen LogP contribution in [-0.2, 0) is 10.3 Å². The van der Waals surface area contributed by atoms with Crippen molar-refractivity contribution in [3.8, 4) is 5.88 Å². The molecular formula is C10H11N3O3. The minimum atomic E-state index is -1.05. The monoisotopic (exact) mass is 221 g/mol. The van der Waals surface area contributed by atoms with E-state index < -0.39 is 5.60 Å². The van der Waals surface area contributed by atoms with Gasteiger partial charge in [-0.05, 0) is 0 Å². The van der Waals surface area contributed by atoms with E-state index in [1.54, 1.807) is 0 Å². The van der Waals surface area contributed by atoms with Crippen molar-refractivity contribution in [2.75, 3.05) is 13.7 Å². The Morgan fingerprint density at radius 3 is 2.81 bits per heavy atom. The van der Waals surface area contributed by atoms with Crippen LogP contribution in [0.25, 0.3) is 0 Å². The Morgan fingerprint density at radius 2 is 2.31 bits per heavy atom. The Kier molecular flexibility index (Phi) is 2.82. The van der Waals surface area contributed by atoms with Gasteiger partial charge in [0.05, 0.1) is 38.5 Å². The van der Waals surface area contributed by atoms with Crippen molar-refractivity contribution in [2.45, 2.75) is 5.60 Å². The highest BCUT2D eigenvalue weighted by Crippen LogP contribution is 2.24. The molecule has 0 saturated heterocycles. The van der Waals surface area contributed by atoms with Gasteiger partial charge in [-0.1, -0.05) is 0 Å². The highest BCUT2D eigenvalue weighted by Gasteiger charge is 2.34. The van der Waals surface area contributed by atoms with E-state index in [9.17, 15) is 5.11 Å². The van der Waals surface area contributed by atoms with Gasteiger partial charge in [-0.2, -0.15) is 0 Å². The van der Waals surface area contributed by atoms with Crippen LogP contribution in [0, 0.1) is 0 Å². The van der Waals surface area contributed by atoms with Crippen molar-refractivity contribution in [3.63, 3.8) is 0 Å². The summed E-state index contributed by atoms with van der Waals surface area (Å²) in [7, 11) is 1.51. The molecule has 1 aromatic heterocycles. The summed E-state index contributed by atoms with van der Waals surface area (Å²) in [5.41, 5.74) is -0.572. The van der Waals surface area contributed by atoms with Crippen LogP contribution in [0.5, 0.6) is 5.88 Å². The molecule has 1 unspecified atom stereocenters. The first kappa shape index (κ1) is 10.6. The van der Waals surface area contributed by atoms with Gasteiger partial charge >= 0.3 is 0 Å². The number of hydrogen-bond acceptors (Lipinski definition) is 6. The molecule has 2 rings (SSSR count). The number of hydrogen-bond donors (Lipinski definition) is 1. The maximum Gasteiger partial charge on any atom is 0.231 e. The number of aliphatic hydroxyl groups is 1. The number of methoxy groups -OCH3 is 1. The van der Waals surface area contributed by atoms with E-state index in [0.29, 0.717) is 11.6 Å². The second-order valence-electron chi connectivity index (χ2n) is 3.17. The average molecular weight is 221 g/mol.